The third-order valence-corrected chi connectivity index (χ3v) is 6.76. The van der Waals surface area contributed by atoms with Crippen molar-refractivity contribution in [3.63, 3.8) is 0 Å². The zero-order valence-electron chi connectivity index (χ0n) is 16.0. The van der Waals surface area contributed by atoms with Gasteiger partial charge in [-0.2, -0.15) is 5.10 Å². The van der Waals surface area contributed by atoms with Crippen LogP contribution in [-0.4, -0.2) is 15.6 Å². The highest BCUT2D eigenvalue weighted by molar-refractivity contribution is 7.14. The normalized spacial score (nSPS) is 15.8. The van der Waals surface area contributed by atoms with Crippen molar-refractivity contribution < 1.29 is 9.31 Å². The summed E-state index contributed by atoms with van der Waals surface area (Å²) in [4.78, 5) is 16.5. The SMILES string of the molecule is O=[N+]([O-])c1cccc(-c2csc(N3N=C(c4cccs4)CC3c3ccc(F)cc3)n2)c1. The van der Waals surface area contributed by atoms with E-state index in [4.69, 9.17) is 10.1 Å². The van der Waals surface area contributed by atoms with Gasteiger partial charge in [0.2, 0.25) is 5.13 Å². The fourth-order valence-corrected chi connectivity index (χ4v) is 5.06. The van der Waals surface area contributed by atoms with E-state index in [1.54, 1.807) is 35.6 Å². The van der Waals surface area contributed by atoms with Crippen LogP contribution in [0.5, 0.6) is 0 Å². The van der Waals surface area contributed by atoms with Crippen molar-refractivity contribution in [1.29, 1.82) is 0 Å². The molecule has 0 aliphatic carbocycles. The van der Waals surface area contributed by atoms with E-state index in [0.29, 0.717) is 22.8 Å². The maximum atomic E-state index is 13.5. The molecule has 1 aliphatic rings. The van der Waals surface area contributed by atoms with Crippen molar-refractivity contribution in [2.75, 3.05) is 5.01 Å². The molecular formula is C22H15FN4O2S2. The van der Waals surface area contributed by atoms with Gasteiger partial charge in [0.05, 0.1) is 27.2 Å². The van der Waals surface area contributed by atoms with Crippen molar-refractivity contribution in [3.8, 4) is 11.3 Å². The predicted molar refractivity (Wildman–Crippen MR) is 121 cm³/mol. The third kappa shape index (κ3) is 3.85. The van der Waals surface area contributed by atoms with Crippen LogP contribution in [0.1, 0.15) is 22.9 Å². The Labute approximate surface area is 185 Å². The number of thiazole rings is 1. The number of non-ortho nitro benzene ring substituents is 1. The lowest BCUT2D eigenvalue weighted by atomic mass is 10.0. The Morgan fingerprint density at radius 1 is 1.10 bits per heavy atom. The van der Waals surface area contributed by atoms with E-state index in [2.05, 4.69) is 0 Å². The maximum absolute atomic E-state index is 13.5. The number of anilines is 1. The average molecular weight is 451 g/mol. The molecule has 6 nitrogen and oxygen atoms in total. The first-order valence-corrected chi connectivity index (χ1v) is 11.2. The molecule has 31 heavy (non-hydrogen) atoms. The molecule has 2 aromatic carbocycles. The number of nitro benzene ring substituents is 1. The van der Waals surface area contributed by atoms with E-state index < -0.39 is 4.92 Å². The van der Waals surface area contributed by atoms with Crippen molar-refractivity contribution in [3.05, 3.63) is 97.8 Å². The van der Waals surface area contributed by atoms with Crippen LogP contribution in [0.3, 0.4) is 0 Å². The number of aromatic nitrogens is 1. The summed E-state index contributed by atoms with van der Waals surface area (Å²) in [5.74, 6) is -0.282. The highest BCUT2D eigenvalue weighted by Gasteiger charge is 2.32. The Morgan fingerprint density at radius 2 is 1.94 bits per heavy atom. The van der Waals surface area contributed by atoms with E-state index in [1.165, 1.54) is 35.6 Å². The van der Waals surface area contributed by atoms with Crippen molar-refractivity contribution >= 4 is 39.2 Å². The molecule has 0 amide bonds. The molecular weight excluding hydrogens is 435 g/mol. The maximum Gasteiger partial charge on any atom is 0.270 e. The number of nitro groups is 1. The molecule has 0 saturated heterocycles. The van der Waals surface area contributed by atoms with Gasteiger partial charge in [-0.25, -0.2) is 14.4 Å². The number of benzene rings is 2. The quantitative estimate of drug-likeness (QED) is 0.265. The van der Waals surface area contributed by atoms with E-state index in [-0.39, 0.29) is 17.5 Å². The molecule has 4 aromatic rings. The van der Waals surface area contributed by atoms with Gasteiger partial charge in [-0.1, -0.05) is 30.3 Å². The third-order valence-electron chi connectivity index (χ3n) is 5.01. The molecule has 3 heterocycles. The summed E-state index contributed by atoms with van der Waals surface area (Å²) in [5.41, 5.74) is 3.26. The number of rotatable bonds is 5. The second-order valence-corrected chi connectivity index (χ2v) is 8.75. The first-order chi connectivity index (χ1) is 15.1. The Kier molecular flexibility index (Phi) is 5.05. The fraction of sp³-hybridized carbons (Fsp3) is 0.0909. The summed E-state index contributed by atoms with van der Waals surface area (Å²) >= 11 is 3.05. The minimum Gasteiger partial charge on any atom is -0.258 e. The fourth-order valence-electron chi connectivity index (χ4n) is 3.50. The van der Waals surface area contributed by atoms with Crippen LogP contribution in [0.25, 0.3) is 11.3 Å². The highest BCUT2D eigenvalue weighted by atomic mass is 32.1. The summed E-state index contributed by atoms with van der Waals surface area (Å²) in [5, 5.41) is 22.4. The largest absolute Gasteiger partial charge is 0.270 e. The topological polar surface area (TPSA) is 71.6 Å². The van der Waals surface area contributed by atoms with Gasteiger partial charge >= 0.3 is 0 Å². The van der Waals surface area contributed by atoms with Gasteiger partial charge in [0.15, 0.2) is 0 Å². The van der Waals surface area contributed by atoms with Crippen molar-refractivity contribution in [2.45, 2.75) is 12.5 Å². The molecule has 0 spiro atoms. The van der Waals surface area contributed by atoms with Crippen LogP contribution in [0.15, 0.2) is 76.5 Å². The van der Waals surface area contributed by atoms with Crippen LogP contribution >= 0.6 is 22.7 Å². The van der Waals surface area contributed by atoms with Crippen LogP contribution < -0.4 is 5.01 Å². The van der Waals surface area contributed by atoms with Crippen molar-refractivity contribution in [1.82, 2.24) is 4.98 Å². The summed E-state index contributed by atoms with van der Waals surface area (Å²) in [6, 6.07) is 16.8. The molecule has 1 unspecified atom stereocenters. The number of nitrogens with zero attached hydrogens (tertiary/aromatic N) is 4. The lowest BCUT2D eigenvalue weighted by Gasteiger charge is -2.21. The molecule has 0 bridgehead atoms. The minimum atomic E-state index is -0.417. The van der Waals surface area contributed by atoms with Gasteiger partial charge in [0.1, 0.15) is 5.82 Å². The van der Waals surface area contributed by atoms with Gasteiger partial charge in [-0.15, -0.1) is 22.7 Å². The van der Waals surface area contributed by atoms with Gasteiger partial charge < -0.3 is 0 Å². The standard InChI is InChI=1S/C22H15FN4O2S2/c23-16-8-6-14(7-9-16)20-12-18(21-5-2-10-30-21)25-26(20)22-24-19(13-31-22)15-3-1-4-17(11-15)27(28)29/h1-11,13,20H,12H2. The molecule has 2 aromatic heterocycles. The first kappa shape index (κ1) is 19.5. The summed E-state index contributed by atoms with van der Waals surface area (Å²) in [6.45, 7) is 0. The van der Waals surface area contributed by atoms with E-state index in [0.717, 1.165) is 16.2 Å². The Bertz CT molecular complexity index is 1270. The van der Waals surface area contributed by atoms with Gasteiger partial charge in [0, 0.05) is 29.5 Å². The molecule has 1 atom stereocenters. The zero-order chi connectivity index (χ0) is 21.4. The minimum absolute atomic E-state index is 0.0235. The molecule has 154 valence electrons. The monoisotopic (exact) mass is 450 g/mol. The summed E-state index contributed by atoms with van der Waals surface area (Å²) < 4.78 is 13.5. The number of hydrogen-bond donors (Lipinski definition) is 0. The van der Waals surface area contributed by atoms with Gasteiger partial charge in [-0.05, 0) is 29.1 Å². The first-order valence-electron chi connectivity index (χ1n) is 9.45. The van der Waals surface area contributed by atoms with E-state index in [1.807, 2.05) is 27.9 Å². The number of hydrazone groups is 1. The van der Waals surface area contributed by atoms with Crippen LogP contribution in [0.2, 0.25) is 0 Å². The van der Waals surface area contributed by atoms with Crippen molar-refractivity contribution in [2.24, 2.45) is 5.10 Å². The van der Waals surface area contributed by atoms with Gasteiger partial charge in [-0.3, -0.25) is 10.1 Å². The molecule has 0 N–H and O–H groups in total. The number of hydrogen-bond acceptors (Lipinski definition) is 7. The molecule has 5 rings (SSSR count). The smallest absolute Gasteiger partial charge is 0.258 e. The Hall–Kier alpha value is -3.43. The summed E-state index contributed by atoms with van der Waals surface area (Å²) in [6.07, 6.45) is 0.678. The molecule has 1 aliphatic heterocycles. The van der Waals surface area contributed by atoms with Crippen LogP contribution in [-0.2, 0) is 0 Å². The van der Waals surface area contributed by atoms with E-state index >= 15 is 0 Å². The molecule has 0 radical (unpaired) electrons. The van der Waals surface area contributed by atoms with Crippen LogP contribution in [0.4, 0.5) is 15.2 Å². The average Bonchev–Trinajstić information content (AvgIpc) is 3.54. The Morgan fingerprint density at radius 3 is 2.68 bits per heavy atom. The zero-order valence-corrected chi connectivity index (χ0v) is 17.6. The molecule has 0 fully saturated rings. The second kappa shape index (κ2) is 8.01. The number of thiophene rings is 1. The molecule has 9 heteroatoms. The van der Waals surface area contributed by atoms with Gasteiger partial charge in [0.25, 0.3) is 5.69 Å². The lowest BCUT2D eigenvalue weighted by molar-refractivity contribution is -0.384. The molecule has 0 saturated carbocycles. The summed E-state index contributed by atoms with van der Waals surface area (Å²) in [7, 11) is 0. The van der Waals surface area contributed by atoms with Crippen LogP contribution in [0, 0.1) is 15.9 Å². The Balaban J connectivity index is 1.52. The predicted octanol–water partition coefficient (Wildman–Crippen LogP) is 6.27. The highest BCUT2D eigenvalue weighted by Crippen LogP contribution is 2.40. The second-order valence-electron chi connectivity index (χ2n) is 6.96. The van der Waals surface area contributed by atoms with E-state index in [9.17, 15) is 14.5 Å². The number of halogens is 1. The lowest BCUT2D eigenvalue weighted by Crippen LogP contribution is -2.18.